The average molecular weight is 502 g/mol. The summed E-state index contributed by atoms with van der Waals surface area (Å²) in [7, 11) is 0. The van der Waals surface area contributed by atoms with Gasteiger partial charge in [-0.05, 0) is 68.1 Å². The molecule has 3 amide bonds. The number of thioether (sulfide) groups is 1. The Labute approximate surface area is 213 Å². The molecule has 4 N–H and O–H groups in total. The van der Waals surface area contributed by atoms with E-state index < -0.39 is 11.3 Å². The molecule has 2 unspecified atom stereocenters. The molecule has 36 heavy (non-hydrogen) atoms. The lowest BCUT2D eigenvalue weighted by Gasteiger charge is -2.35. The fourth-order valence-corrected chi connectivity index (χ4v) is 6.50. The smallest absolute Gasteiger partial charge is 0.327 e. The Balaban J connectivity index is 1.28. The summed E-state index contributed by atoms with van der Waals surface area (Å²) in [6.45, 7) is 1.95. The second-order valence-corrected chi connectivity index (χ2v) is 10.6. The molecule has 1 saturated carbocycles. The first-order chi connectivity index (χ1) is 17.5. The minimum Gasteiger partial charge on any atom is -0.457 e. The Hall–Kier alpha value is -3.56. The Bertz CT molecular complexity index is 1330. The molecule has 1 aliphatic carbocycles. The molecule has 3 aromatic rings. The number of carbonyl (C=O) groups is 2. The van der Waals surface area contributed by atoms with Gasteiger partial charge < -0.3 is 21.1 Å². The monoisotopic (exact) mass is 501 g/mol. The van der Waals surface area contributed by atoms with E-state index in [0.717, 1.165) is 52.5 Å². The normalized spacial score (nSPS) is 24.3. The lowest BCUT2D eigenvalue weighted by molar-refractivity contribution is -0.121. The highest BCUT2D eigenvalue weighted by atomic mass is 32.2. The number of para-hydroxylation sites is 1. The van der Waals surface area contributed by atoms with Crippen molar-refractivity contribution >= 4 is 35.1 Å². The third-order valence-electron chi connectivity index (χ3n) is 7.05. The van der Waals surface area contributed by atoms with Crippen molar-refractivity contribution in [2.75, 3.05) is 4.90 Å². The quantitative estimate of drug-likeness (QED) is 0.473. The number of nitrogens with one attached hydrogen (secondary N) is 2. The number of pyridine rings is 1. The number of ether oxygens (including phenoxy) is 1. The lowest BCUT2D eigenvalue weighted by atomic mass is 9.99. The summed E-state index contributed by atoms with van der Waals surface area (Å²) in [6, 6.07) is 16.3. The predicted octanol–water partition coefficient (Wildman–Crippen LogP) is 4.56. The van der Waals surface area contributed by atoms with E-state index in [1.165, 1.54) is 11.8 Å². The summed E-state index contributed by atoms with van der Waals surface area (Å²) < 4.78 is 5.96. The minimum atomic E-state index is -0.490. The molecule has 1 aromatic heterocycles. The van der Waals surface area contributed by atoms with Crippen molar-refractivity contribution in [3.05, 3.63) is 71.9 Å². The zero-order chi connectivity index (χ0) is 24.8. The number of nitrogens with two attached hydrogens (primary N) is 1. The average Bonchev–Trinajstić information content (AvgIpc) is 3.45. The molecule has 2 aliphatic heterocycles. The first-order valence-corrected chi connectivity index (χ1v) is 13.0. The molecule has 1 fully saturated rings. The van der Waals surface area contributed by atoms with Crippen LogP contribution in [0.2, 0.25) is 0 Å². The molecule has 0 saturated heterocycles. The summed E-state index contributed by atoms with van der Waals surface area (Å²) in [6.07, 6.45) is 4.51. The van der Waals surface area contributed by atoms with E-state index in [2.05, 4.69) is 15.6 Å². The minimum absolute atomic E-state index is 0.0235. The standard InChI is InChI=1S/C27H27N5O3S/c1-15-14-17(35-16-6-3-2-4-7-16)10-11-20(15)32-21-12-13-29-26-22(21)23(31-27(32)34)24(36-26)25(33)30-19-9-5-8-18(19)28/h2-4,6-7,10-14,18-19,23-24H,5,8-9,28H2,1H3,(H,30,33)(H,31,34)/t18-,19-,23?,24?/m0/s1. The summed E-state index contributed by atoms with van der Waals surface area (Å²) in [5, 5.41) is 6.46. The number of rotatable bonds is 5. The summed E-state index contributed by atoms with van der Waals surface area (Å²) in [4.78, 5) is 32.9. The highest BCUT2D eigenvalue weighted by Crippen LogP contribution is 2.51. The fraction of sp³-hybridized carbons (Fsp3) is 0.296. The van der Waals surface area contributed by atoms with Crippen molar-refractivity contribution in [3.8, 4) is 11.5 Å². The van der Waals surface area contributed by atoms with Crippen molar-refractivity contribution < 1.29 is 14.3 Å². The molecule has 0 spiro atoms. The SMILES string of the molecule is Cc1cc(Oc2ccccc2)ccc1N1C(=O)NC2c3c1ccnc3SC2C(=O)N[C@H]1CCC[C@@H]1N. The van der Waals surface area contributed by atoms with Crippen molar-refractivity contribution in [3.63, 3.8) is 0 Å². The van der Waals surface area contributed by atoms with Gasteiger partial charge in [0.1, 0.15) is 21.8 Å². The van der Waals surface area contributed by atoms with Crippen LogP contribution in [0.5, 0.6) is 11.5 Å². The number of aryl methyl sites for hydroxylation is 1. The molecule has 3 heterocycles. The number of nitrogens with zero attached hydrogens (tertiary/aromatic N) is 2. The van der Waals surface area contributed by atoms with E-state index in [4.69, 9.17) is 10.5 Å². The number of amides is 3. The number of anilines is 2. The zero-order valence-electron chi connectivity index (χ0n) is 19.8. The van der Waals surface area contributed by atoms with Gasteiger partial charge in [-0.3, -0.25) is 9.69 Å². The molecule has 2 aromatic carbocycles. The molecule has 4 atom stereocenters. The maximum atomic E-state index is 13.4. The van der Waals surface area contributed by atoms with Gasteiger partial charge in [0, 0.05) is 23.8 Å². The first-order valence-electron chi connectivity index (χ1n) is 12.2. The maximum Gasteiger partial charge on any atom is 0.327 e. The van der Waals surface area contributed by atoms with Crippen LogP contribution in [0.1, 0.15) is 36.4 Å². The van der Waals surface area contributed by atoms with E-state index in [1.807, 2.05) is 61.5 Å². The second-order valence-electron chi connectivity index (χ2n) is 9.42. The molecule has 0 radical (unpaired) electrons. The van der Waals surface area contributed by atoms with Gasteiger partial charge in [0.05, 0.1) is 17.4 Å². The Morgan fingerprint density at radius 3 is 2.72 bits per heavy atom. The van der Waals surface area contributed by atoms with E-state index in [1.54, 1.807) is 11.1 Å². The summed E-state index contributed by atoms with van der Waals surface area (Å²) >= 11 is 1.40. The number of hydrogen-bond donors (Lipinski definition) is 3. The molecular weight excluding hydrogens is 474 g/mol. The van der Waals surface area contributed by atoms with Crippen LogP contribution >= 0.6 is 11.8 Å². The molecule has 3 aliphatic rings. The molecule has 6 rings (SSSR count). The van der Waals surface area contributed by atoms with E-state index in [-0.39, 0.29) is 24.0 Å². The van der Waals surface area contributed by atoms with Crippen LogP contribution in [0.3, 0.4) is 0 Å². The van der Waals surface area contributed by atoms with Gasteiger partial charge in [0.25, 0.3) is 0 Å². The highest BCUT2D eigenvalue weighted by Gasteiger charge is 2.47. The van der Waals surface area contributed by atoms with Crippen LogP contribution in [-0.2, 0) is 4.79 Å². The number of hydrogen-bond acceptors (Lipinski definition) is 6. The zero-order valence-corrected chi connectivity index (χ0v) is 20.6. The number of benzene rings is 2. The topological polar surface area (TPSA) is 110 Å². The molecule has 0 bridgehead atoms. The van der Waals surface area contributed by atoms with Crippen LogP contribution in [0.25, 0.3) is 0 Å². The lowest BCUT2D eigenvalue weighted by Crippen LogP contribution is -2.52. The molecule has 184 valence electrons. The van der Waals surface area contributed by atoms with E-state index in [0.29, 0.717) is 5.75 Å². The number of aromatic nitrogens is 1. The third-order valence-corrected chi connectivity index (χ3v) is 8.34. The van der Waals surface area contributed by atoms with Crippen LogP contribution in [0.15, 0.2) is 65.8 Å². The predicted molar refractivity (Wildman–Crippen MR) is 139 cm³/mol. The van der Waals surface area contributed by atoms with Crippen molar-refractivity contribution in [2.24, 2.45) is 5.73 Å². The van der Waals surface area contributed by atoms with Crippen molar-refractivity contribution in [1.82, 2.24) is 15.6 Å². The van der Waals surface area contributed by atoms with Gasteiger partial charge in [0.15, 0.2) is 0 Å². The van der Waals surface area contributed by atoms with Gasteiger partial charge in [-0.25, -0.2) is 9.78 Å². The van der Waals surface area contributed by atoms with Gasteiger partial charge in [0.2, 0.25) is 5.91 Å². The Morgan fingerprint density at radius 1 is 1.14 bits per heavy atom. The van der Waals surface area contributed by atoms with Crippen molar-refractivity contribution in [1.29, 1.82) is 0 Å². The maximum absolute atomic E-state index is 13.4. The Kier molecular flexibility index (Phi) is 5.81. The largest absolute Gasteiger partial charge is 0.457 e. The van der Waals surface area contributed by atoms with Crippen LogP contribution in [0.4, 0.5) is 16.2 Å². The van der Waals surface area contributed by atoms with Crippen LogP contribution < -0.4 is 26.0 Å². The summed E-state index contributed by atoms with van der Waals surface area (Å²) in [5.74, 6) is 1.33. The first kappa shape index (κ1) is 22.9. The summed E-state index contributed by atoms with van der Waals surface area (Å²) in [5.41, 5.74) is 9.42. The Morgan fingerprint density at radius 2 is 1.97 bits per heavy atom. The van der Waals surface area contributed by atoms with Gasteiger partial charge in [-0.2, -0.15) is 0 Å². The van der Waals surface area contributed by atoms with Crippen LogP contribution in [-0.4, -0.2) is 34.3 Å². The molecule has 8 nitrogen and oxygen atoms in total. The second kappa shape index (κ2) is 9.15. The molecule has 9 heteroatoms. The van der Waals surface area contributed by atoms with E-state index >= 15 is 0 Å². The highest BCUT2D eigenvalue weighted by molar-refractivity contribution is 8.01. The van der Waals surface area contributed by atoms with Crippen molar-refractivity contribution in [2.45, 2.75) is 54.6 Å². The van der Waals surface area contributed by atoms with Crippen LogP contribution in [0, 0.1) is 6.92 Å². The fourth-order valence-electron chi connectivity index (χ4n) is 5.26. The van der Waals surface area contributed by atoms with E-state index in [9.17, 15) is 9.59 Å². The van der Waals surface area contributed by atoms with Gasteiger partial charge in [-0.1, -0.05) is 30.0 Å². The third kappa shape index (κ3) is 3.98. The number of urea groups is 1. The van der Waals surface area contributed by atoms with Gasteiger partial charge >= 0.3 is 6.03 Å². The van der Waals surface area contributed by atoms with Gasteiger partial charge in [-0.15, -0.1) is 0 Å². The number of carbonyl (C=O) groups excluding carboxylic acids is 2. The molecular formula is C27H27N5O3S.